The van der Waals surface area contributed by atoms with Crippen molar-refractivity contribution in [3.63, 3.8) is 0 Å². The van der Waals surface area contributed by atoms with Crippen LogP contribution in [-0.4, -0.2) is 39.4 Å². The van der Waals surface area contributed by atoms with E-state index in [1.165, 1.54) is 10.2 Å². The van der Waals surface area contributed by atoms with Crippen molar-refractivity contribution < 1.29 is 0 Å². The summed E-state index contributed by atoms with van der Waals surface area (Å²) in [6, 6.07) is 0.565. The number of aryl methyl sites for hydroxylation is 2. The van der Waals surface area contributed by atoms with E-state index in [0.717, 1.165) is 31.7 Å². The second-order valence-electron chi connectivity index (χ2n) is 7.11. The smallest absolute Gasteiger partial charge is 0.0767 e. The molecule has 1 saturated heterocycles. The quantitative estimate of drug-likeness (QED) is 0.900. The lowest BCUT2D eigenvalue weighted by atomic mass is 9.92. The Morgan fingerprint density at radius 1 is 1.43 bits per heavy atom. The van der Waals surface area contributed by atoms with Crippen LogP contribution >= 0.6 is 15.9 Å². The van der Waals surface area contributed by atoms with Gasteiger partial charge in [-0.15, -0.1) is 0 Å². The second-order valence-corrected chi connectivity index (χ2v) is 7.90. The third-order valence-electron chi connectivity index (χ3n) is 4.72. The number of piperazine rings is 1. The molecule has 0 amide bonds. The zero-order valence-electron chi connectivity index (χ0n) is 14.2. The van der Waals surface area contributed by atoms with E-state index in [1.807, 2.05) is 11.7 Å². The highest BCUT2D eigenvalue weighted by atomic mass is 79.9. The van der Waals surface area contributed by atoms with Crippen LogP contribution in [0.5, 0.6) is 0 Å². The fourth-order valence-electron chi connectivity index (χ4n) is 2.94. The van der Waals surface area contributed by atoms with Crippen LogP contribution in [0.2, 0.25) is 0 Å². The Morgan fingerprint density at radius 2 is 2.10 bits per heavy atom. The van der Waals surface area contributed by atoms with Crippen LogP contribution in [0.1, 0.15) is 46.0 Å². The summed E-state index contributed by atoms with van der Waals surface area (Å²) in [5, 5.41) is 8.32. The lowest BCUT2D eigenvalue weighted by Crippen LogP contribution is -2.62. The van der Waals surface area contributed by atoms with Crippen LogP contribution < -0.4 is 5.32 Å². The molecule has 21 heavy (non-hydrogen) atoms. The van der Waals surface area contributed by atoms with Gasteiger partial charge in [0.05, 0.1) is 15.9 Å². The predicted octanol–water partition coefficient (Wildman–Crippen LogP) is 2.95. The van der Waals surface area contributed by atoms with E-state index in [1.54, 1.807) is 0 Å². The molecule has 1 aliphatic rings. The summed E-state index contributed by atoms with van der Waals surface area (Å²) in [6.45, 7) is 14.5. The molecule has 4 nitrogen and oxygen atoms in total. The first-order chi connectivity index (χ1) is 9.76. The summed E-state index contributed by atoms with van der Waals surface area (Å²) >= 11 is 3.75. The average molecular weight is 357 g/mol. The summed E-state index contributed by atoms with van der Waals surface area (Å²) in [5.41, 5.74) is 2.60. The molecular weight excluding hydrogens is 328 g/mol. The molecule has 120 valence electrons. The Hall–Kier alpha value is -0.390. The monoisotopic (exact) mass is 356 g/mol. The number of hydrogen-bond acceptors (Lipinski definition) is 3. The van der Waals surface area contributed by atoms with Gasteiger partial charge in [0.1, 0.15) is 0 Å². The maximum absolute atomic E-state index is 4.62. The molecule has 1 N–H and O–H groups in total. The van der Waals surface area contributed by atoms with E-state index in [0.29, 0.717) is 12.0 Å². The SMILES string of the molecule is CCc1nn(C)c(CN2CC(C(C)C)NCC2(C)C)c1Br. The fourth-order valence-corrected chi connectivity index (χ4v) is 3.68. The predicted molar refractivity (Wildman–Crippen MR) is 91.4 cm³/mol. The van der Waals surface area contributed by atoms with E-state index in [9.17, 15) is 0 Å². The van der Waals surface area contributed by atoms with Crippen LogP contribution in [0, 0.1) is 5.92 Å². The van der Waals surface area contributed by atoms with Crippen LogP contribution in [0.15, 0.2) is 4.47 Å². The fraction of sp³-hybridized carbons (Fsp3) is 0.812. The molecule has 1 aromatic heterocycles. The number of rotatable bonds is 4. The van der Waals surface area contributed by atoms with Crippen molar-refractivity contribution >= 4 is 15.9 Å². The van der Waals surface area contributed by atoms with Gasteiger partial charge in [0.25, 0.3) is 0 Å². The van der Waals surface area contributed by atoms with Crippen molar-refractivity contribution in [3.8, 4) is 0 Å². The van der Waals surface area contributed by atoms with Crippen LogP contribution in [0.4, 0.5) is 0 Å². The van der Waals surface area contributed by atoms with Crippen molar-refractivity contribution in [1.29, 1.82) is 0 Å². The molecule has 1 aliphatic heterocycles. The van der Waals surface area contributed by atoms with Crippen molar-refractivity contribution in [2.45, 2.75) is 59.2 Å². The minimum atomic E-state index is 0.168. The van der Waals surface area contributed by atoms with E-state index < -0.39 is 0 Å². The molecule has 1 aromatic rings. The van der Waals surface area contributed by atoms with Crippen molar-refractivity contribution in [2.24, 2.45) is 13.0 Å². The lowest BCUT2D eigenvalue weighted by molar-refractivity contribution is 0.0452. The number of nitrogens with zero attached hydrogens (tertiary/aromatic N) is 3. The van der Waals surface area contributed by atoms with Crippen molar-refractivity contribution in [2.75, 3.05) is 13.1 Å². The summed E-state index contributed by atoms with van der Waals surface area (Å²) in [4.78, 5) is 2.59. The molecule has 5 heteroatoms. The van der Waals surface area contributed by atoms with Gasteiger partial charge in [-0.25, -0.2) is 0 Å². The lowest BCUT2D eigenvalue weighted by Gasteiger charge is -2.47. The van der Waals surface area contributed by atoms with Crippen LogP contribution in [0.3, 0.4) is 0 Å². The molecule has 1 unspecified atom stereocenters. The normalized spacial score (nSPS) is 23.0. The highest BCUT2D eigenvalue weighted by Gasteiger charge is 2.35. The number of aromatic nitrogens is 2. The van der Waals surface area contributed by atoms with Gasteiger partial charge in [0, 0.05) is 38.3 Å². The van der Waals surface area contributed by atoms with E-state index in [2.05, 4.69) is 65.9 Å². The third kappa shape index (κ3) is 3.51. The number of hydrogen-bond donors (Lipinski definition) is 1. The standard InChI is InChI=1S/C16H29BrN4/c1-7-12-15(17)14(20(6)19-12)9-21-8-13(11(2)3)18-10-16(21,4)5/h11,13,18H,7-10H2,1-6H3. The summed E-state index contributed by atoms with van der Waals surface area (Å²) in [6.07, 6.45) is 0.966. The first-order valence-corrected chi connectivity index (χ1v) is 8.74. The highest BCUT2D eigenvalue weighted by molar-refractivity contribution is 9.10. The molecule has 1 fully saturated rings. The number of halogens is 1. The Kier molecular flexibility index (Phi) is 5.16. The molecule has 0 spiro atoms. The van der Waals surface area contributed by atoms with E-state index in [-0.39, 0.29) is 5.54 Å². The molecule has 0 saturated carbocycles. The Morgan fingerprint density at radius 3 is 2.62 bits per heavy atom. The molecule has 0 bridgehead atoms. The molecule has 1 atom stereocenters. The third-order valence-corrected chi connectivity index (χ3v) is 5.63. The van der Waals surface area contributed by atoms with Crippen LogP contribution in [-0.2, 0) is 20.0 Å². The molecule has 0 radical (unpaired) electrons. The van der Waals surface area contributed by atoms with Crippen molar-refractivity contribution in [1.82, 2.24) is 20.0 Å². The molecular formula is C16H29BrN4. The molecule has 2 heterocycles. The Balaban J connectivity index is 2.21. The Bertz CT molecular complexity index is 493. The van der Waals surface area contributed by atoms with Crippen LogP contribution in [0.25, 0.3) is 0 Å². The minimum Gasteiger partial charge on any atom is -0.311 e. The van der Waals surface area contributed by atoms with Gasteiger partial charge in [0.15, 0.2) is 0 Å². The van der Waals surface area contributed by atoms with Crippen molar-refractivity contribution in [3.05, 3.63) is 15.9 Å². The van der Waals surface area contributed by atoms with Gasteiger partial charge in [-0.2, -0.15) is 5.10 Å². The second kappa shape index (κ2) is 6.39. The van der Waals surface area contributed by atoms with Gasteiger partial charge in [-0.1, -0.05) is 20.8 Å². The maximum Gasteiger partial charge on any atom is 0.0767 e. The summed E-state index contributed by atoms with van der Waals surface area (Å²) in [5.74, 6) is 0.657. The highest BCUT2D eigenvalue weighted by Crippen LogP contribution is 2.28. The van der Waals surface area contributed by atoms with E-state index in [4.69, 9.17) is 0 Å². The van der Waals surface area contributed by atoms with Gasteiger partial charge < -0.3 is 5.32 Å². The summed E-state index contributed by atoms with van der Waals surface area (Å²) < 4.78 is 3.22. The average Bonchev–Trinajstić information content (AvgIpc) is 2.67. The van der Waals surface area contributed by atoms with Gasteiger partial charge in [-0.3, -0.25) is 9.58 Å². The largest absolute Gasteiger partial charge is 0.311 e. The first-order valence-electron chi connectivity index (χ1n) is 7.95. The Labute approximate surface area is 137 Å². The molecule has 0 aromatic carbocycles. The maximum atomic E-state index is 4.62. The first kappa shape index (κ1) is 17.0. The van der Waals surface area contributed by atoms with Gasteiger partial charge in [-0.05, 0) is 42.1 Å². The summed E-state index contributed by atoms with van der Waals surface area (Å²) in [7, 11) is 2.05. The van der Waals surface area contributed by atoms with E-state index >= 15 is 0 Å². The molecule has 2 rings (SSSR count). The van der Waals surface area contributed by atoms with Gasteiger partial charge >= 0.3 is 0 Å². The number of nitrogens with one attached hydrogen (secondary N) is 1. The topological polar surface area (TPSA) is 33.1 Å². The zero-order valence-corrected chi connectivity index (χ0v) is 15.8. The van der Waals surface area contributed by atoms with Gasteiger partial charge in [0.2, 0.25) is 0 Å². The zero-order chi connectivity index (χ0) is 15.8. The molecule has 0 aliphatic carbocycles. The minimum absolute atomic E-state index is 0.168.